The Morgan fingerprint density at radius 1 is 1.35 bits per heavy atom. The molecule has 0 atom stereocenters. The zero-order chi connectivity index (χ0) is 14.2. The number of ether oxygens (including phenoxy) is 1. The van der Waals surface area contributed by atoms with Crippen LogP contribution in [-0.4, -0.2) is 40.4 Å². The molecule has 0 aliphatic carbocycles. The van der Waals surface area contributed by atoms with Crippen LogP contribution in [0.25, 0.3) is 0 Å². The fourth-order valence-electron chi connectivity index (χ4n) is 1.98. The number of benzene rings is 1. The quantitative estimate of drug-likeness (QED) is 0.691. The van der Waals surface area contributed by atoms with Gasteiger partial charge in [0.15, 0.2) is 0 Å². The molecule has 20 heavy (non-hydrogen) atoms. The smallest absolute Gasteiger partial charge is 0.122 e. The first-order valence-corrected chi connectivity index (χ1v) is 6.66. The number of para-hydroxylation sites is 1. The molecule has 6 heteroatoms. The van der Waals surface area contributed by atoms with Crippen molar-refractivity contribution in [1.82, 2.24) is 20.3 Å². The number of aliphatic hydroxyl groups excluding tert-OH is 1. The Bertz CT molecular complexity index is 527. The second-order valence-corrected chi connectivity index (χ2v) is 4.44. The lowest BCUT2D eigenvalue weighted by atomic mass is 10.1. The normalized spacial score (nSPS) is 10.7. The van der Waals surface area contributed by atoms with Gasteiger partial charge >= 0.3 is 0 Å². The molecule has 0 spiro atoms. The molecule has 2 N–H and O–H groups in total. The van der Waals surface area contributed by atoms with Gasteiger partial charge in [-0.25, -0.2) is 4.68 Å². The summed E-state index contributed by atoms with van der Waals surface area (Å²) in [6.07, 6.45) is 2.74. The fraction of sp³-hybridized carbons (Fsp3) is 0.429. The van der Waals surface area contributed by atoms with E-state index in [-0.39, 0.29) is 6.61 Å². The van der Waals surface area contributed by atoms with Crippen molar-refractivity contribution < 1.29 is 9.84 Å². The van der Waals surface area contributed by atoms with Crippen molar-refractivity contribution in [3.05, 3.63) is 41.7 Å². The maximum absolute atomic E-state index is 8.80. The summed E-state index contributed by atoms with van der Waals surface area (Å²) in [5, 5.41) is 20.1. The topological polar surface area (TPSA) is 72.2 Å². The van der Waals surface area contributed by atoms with Gasteiger partial charge in [0.1, 0.15) is 5.75 Å². The SMILES string of the molecule is COc1ccccc1CCNCc1cn(CCO)nn1. The van der Waals surface area contributed by atoms with Crippen LogP contribution in [0.4, 0.5) is 0 Å². The third kappa shape index (κ3) is 4.04. The largest absolute Gasteiger partial charge is 0.496 e. The summed E-state index contributed by atoms with van der Waals surface area (Å²) in [5.41, 5.74) is 2.06. The number of methoxy groups -OCH3 is 1. The summed E-state index contributed by atoms with van der Waals surface area (Å²) in [6.45, 7) is 2.06. The highest BCUT2D eigenvalue weighted by Gasteiger charge is 2.02. The first-order valence-electron chi connectivity index (χ1n) is 6.66. The summed E-state index contributed by atoms with van der Waals surface area (Å²) in [7, 11) is 1.69. The van der Waals surface area contributed by atoms with Crippen molar-refractivity contribution in [3.63, 3.8) is 0 Å². The second kappa shape index (κ2) is 7.62. The van der Waals surface area contributed by atoms with Gasteiger partial charge in [0.2, 0.25) is 0 Å². The van der Waals surface area contributed by atoms with Gasteiger partial charge < -0.3 is 15.2 Å². The summed E-state index contributed by atoms with van der Waals surface area (Å²) >= 11 is 0. The number of hydrogen-bond donors (Lipinski definition) is 2. The lowest BCUT2D eigenvalue weighted by Gasteiger charge is -2.08. The van der Waals surface area contributed by atoms with Crippen LogP contribution in [0.3, 0.4) is 0 Å². The van der Waals surface area contributed by atoms with Gasteiger partial charge in [0.05, 0.1) is 26.0 Å². The standard InChI is InChI=1S/C14H20N4O2/c1-20-14-5-3-2-4-12(14)6-7-15-10-13-11-18(8-9-19)17-16-13/h2-5,11,15,19H,6-10H2,1H3. The van der Waals surface area contributed by atoms with Crippen LogP contribution in [0.5, 0.6) is 5.75 Å². The van der Waals surface area contributed by atoms with Crippen molar-refractivity contribution in [2.24, 2.45) is 0 Å². The van der Waals surface area contributed by atoms with Crippen LogP contribution in [0.15, 0.2) is 30.5 Å². The minimum atomic E-state index is 0.0734. The van der Waals surface area contributed by atoms with Crippen molar-refractivity contribution in [2.75, 3.05) is 20.3 Å². The van der Waals surface area contributed by atoms with E-state index in [9.17, 15) is 0 Å². The molecule has 1 aromatic carbocycles. The Labute approximate surface area is 118 Å². The predicted molar refractivity (Wildman–Crippen MR) is 75.5 cm³/mol. The average Bonchev–Trinajstić information content (AvgIpc) is 2.92. The predicted octanol–water partition coefficient (Wildman–Crippen LogP) is 0.611. The molecular weight excluding hydrogens is 256 g/mol. The highest BCUT2D eigenvalue weighted by atomic mass is 16.5. The molecule has 1 aromatic heterocycles. The van der Waals surface area contributed by atoms with E-state index >= 15 is 0 Å². The van der Waals surface area contributed by atoms with Gasteiger partial charge in [-0.1, -0.05) is 23.4 Å². The number of aliphatic hydroxyl groups is 1. The third-order valence-electron chi connectivity index (χ3n) is 2.98. The van der Waals surface area contributed by atoms with E-state index < -0.39 is 0 Å². The van der Waals surface area contributed by atoms with Gasteiger partial charge in [-0.2, -0.15) is 0 Å². The van der Waals surface area contributed by atoms with Crippen LogP contribution in [0.2, 0.25) is 0 Å². The Morgan fingerprint density at radius 3 is 3.00 bits per heavy atom. The molecule has 1 heterocycles. The number of rotatable bonds is 8. The van der Waals surface area contributed by atoms with Crippen molar-refractivity contribution in [1.29, 1.82) is 0 Å². The molecule has 0 saturated heterocycles. The first-order chi connectivity index (χ1) is 9.83. The lowest BCUT2D eigenvalue weighted by Crippen LogP contribution is -2.17. The number of hydrogen-bond acceptors (Lipinski definition) is 5. The van der Waals surface area contributed by atoms with Gasteiger partial charge in [0, 0.05) is 12.7 Å². The molecule has 2 rings (SSSR count). The molecule has 0 unspecified atom stereocenters. The monoisotopic (exact) mass is 276 g/mol. The second-order valence-electron chi connectivity index (χ2n) is 4.44. The van der Waals surface area contributed by atoms with E-state index in [1.165, 1.54) is 5.56 Å². The van der Waals surface area contributed by atoms with E-state index in [4.69, 9.17) is 9.84 Å². The molecule has 108 valence electrons. The highest BCUT2D eigenvalue weighted by Crippen LogP contribution is 2.17. The summed E-state index contributed by atoms with van der Waals surface area (Å²) in [4.78, 5) is 0. The van der Waals surface area contributed by atoms with Crippen LogP contribution in [0, 0.1) is 0 Å². The van der Waals surface area contributed by atoms with E-state index in [0.29, 0.717) is 13.1 Å². The molecule has 0 radical (unpaired) electrons. The van der Waals surface area contributed by atoms with Crippen molar-refractivity contribution in [3.8, 4) is 5.75 Å². The molecule has 6 nitrogen and oxygen atoms in total. The number of nitrogens with one attached hydrogen (secondary N) is 1. The van der Waals surface area contributed by atoms with Gasteiger partial charge in [-0.05, 0) is 24.6 Å². The number of aromatic nitrogens is 3. The van der Waals surface area contributed by atoms with E-state index in [1.54, 1.807) is 11.8 Å². The van der Waals surface area contributed by atoms with Gasteiger partial charge in [-0.3, -0.25) is 0 Å². The minimum absolute atomic E-state index is 0.0734. The first kappa shape index (κ1) is 14.5. The van der Waals surface area contributed by atoms with Crippen molar-refractivity contribution in [2.45, 2.75) is 19.5 Å². The average molecular weight is 276 g/mol. The van der Waals surface area contributed by atoms with Crippen LogP contribution < -0.4 is 10.1 Å². The van der Waals surface area contributed by atoms with E-state index in [0.717, 1.165) is 24.4 Å². The summed E-state index contributed by atoms with van der Waals surface area (Å²) < 4.78 is 6.95. The molecular formula is C14H20N4O2. The van der Waals surface area contributed by atoms with Gasteiger partial charge in [-0.15, -0.1) is 5.10 Å². The zero-order valence-corrected chi connectivity index (χ0v) is 11.6. The molecule has 0 fully saturated rings. The lowest BCUT2D eigenvalue weighted by molar-refractivity contribution is 0.268. The van der Waals surface area contributed by atoms with E-state index in [2.05, 4.69) is 21.7 Å². The molecule has 0 saturated carbocycles. The Morgan fingerprint density at radius 2 is 2.20 bits per heavy atom. The molecule has 0 bridgehead atoms. The molecule has 0 amide bonds. The third-order valence-corrected chi connectivity index (χ3v) is 2.98. The highest BCUT2D eigenvalue weighted by molar-refractivity contribution is 5.33. The van der Waals surface area contributed by atoms with Crippen LogP contribution >= 0.6 is 0 Å². The fourth-order valence-corrected chi connectivity index (χ4v) is 1.98. The number of nitrogens with zero attached hydrogens (tertiary/aromatic N) is 3. The zero-order valence-electron chi connectivity index (χ0n) is 11.6. The summed E-state index contributed by atoms with van der Waals surface area (Å²) in [6, 6.07) is 8.02. The van der Waals surface area contributed by atoms with Crippen LogP contribution in [0.1, 0.15) is 11.3 Å². The Hall–Kier alpha value is -1.92. The maximum atomic E-state index is 8.80. The summed E-state index contributed by atoms with van der Waals surface area (Å²) in [5.74, 6) is 0.920. The van der Waals surface area contributed by atoms with E-state index in [1.807, 2.05) is 24.4 Å². The van der Waals surface area contributed by atoms with Gasteiger partial charge in [0.25, 0.3) is 0 Å². The van der Waals surface area contributed by atoms with Crippen LogP contribution in [-0.2, 0) is 19.5 Å². The maximum Gasteiger partial charge on any atom is 0.122 e. The molecule has 0 aliphatic heterocycles. The molecule has 2 aromatic rings. The molecule has 0 aliphatic rings. The minimum Gasteiger partial charge on any atom is -0.496 e. The van der Waals surface area contributed by atoms with Crippen molar-refractivity contribution >= 4 is 0 Å². The Balaban J connectivity index is 1.75. The Kier molecular flexibility index (Phi) is 5.52.